The number of carbonyl (C=O) groups is 2. The highest BCUT2D eigenvalue weighted by molar-refractivity contribution is 6.31. The molecule has 0 aliphatic carbocycles. The van der Waals surface area contributed by atoms with Crippen molar-refractivity contribution in [1.29, 1.82) is 0 Å². The Morgan fingerprint density at radius 3 is 2.36 bits per heavy atom. The quantitative estimate of drug-likeness (QED) is 0.533. The number of amides is 2. The summed E-state index contributed by atoms with van der Waals surface area (Å²) < 4.78 is 15.4. The molecule has 0 bridgehead atoms. The maximum atomic E-state index is 12.5. The molecule has 152 valence electrons. The summed E-state index contributed by atoms with van der Waals surface area (Å²) in [6.45, 7) is 5.18. The van der Waals surface area contributed by atoms with Gasteiger partial charge >= 0.3 is 18.2 Å². The summed E-state index contributed by atoms with van der Waals surface area (Å²) in [5, 5.41) is 15.8. The Morgan fingerprint density at radius 1 is 1.18 bits per heavy atom. The number of hydrogen-bond acceptors (Lipinski definition) is 8. The van der Waals surface area contributed by atoms with Crippen LogP contribution in [-0.2, 0) is 14.2 Å². The van der Waals surface area contributed by atoms with E-state index in [0.29, 0.717) is 0 Å². The number of carbonyl (C=O) groups excluding carboxylic acids is 2. The van der Waals surface area contributed by atoms with Gasteiger partial charge in [0.1, 0.15) is 0 Å². The Morgan fingerprint density at radius 2 is 1.82 bits per heavy atom. The van der Waals surface area contributed by atoms with E-state index < -0.39 is 23.3 Å². The Hall–Kier alpha value is -3.08. The Balaban J connectivity index is 2.56. The highest BCUT2D eigenvalue weighted by Gasteiger charge is 2.46. The van der Waals surface area contributed by atoms with Gasteiger partial charge in [-0.1, -0.05) is 11.6 Å². The first-order valence-electron chi connectivity index (χ1n) is 8.42. The standard InChI is InChI=1S/C16H19ClN4O7/c1-4-26-14-18-20(16(23)28-6-3)13(19(14)15(22)27-5-2)11-8-7-10(21(24)25)9-12(11)17/h7-9,13H,4-6H2,1-3H3. The van der Waals surface area contributed by atoms with Gasteiger partial charge < -0.3 is 14.2 Å². The zero-order valence-electron chi connectivity index (χ0n) is 15.5. The molecule has 2 amide bonds. The van der Waals surface area contributed by atoms with Crippen molar-refractivity contribution < 1.29 is 28.7 Å². The maximum Gasteiger partial charge on any atom is 0.432 e. The van der Waals surface area contributed by atoms with E-state index >= 15 is 0 Å². The molecule has 0 radical (unpaired) electrons. The normalized spacial score (nSPS) is 15.9. The van der Waals surface area contributed by atoms with Gasteiger partial charge in [0.05, 0.1) is 29.8 Å². The molecule has 0 saturated heterocycles. The van der Waals surface area contributed by atoms with Gasteiger partial charge in [0.2, 0.25) is 0 Å². The van der Waals surface area contributed by atoms with Crippen LogP contribution in [0.2, 0.25) is 5.02 Å². The number of rotatable bonds is 5. The van der Waals surface area contributed by atoms with Gasteiger partial charge in [0.25, 0.3) is 5.69 Å². The van der Waals surface area contributed by atoms with E-state index in [0.717, 1.165) is 16.0 Å². The second-order valence-corrected chi connectivity index (χ2v) is 5.67. The number of halogens is 1. The molecule has 1 heterocycles. The van der Waals surface area contributed by atoms with Crippen molar-refractivity contribution in [3.63, 3.8) is 0 Å². The van der Waals surface area contributed by atoms with Gasteiger partial charge in [-0.25, -0.2) is 14.5 Å². The molecule has 11 nitrogen and oxygen atoms in total. The highest BCUT2D eigenvalue weighted by Crippen LogP contribution is 2.37. The van der Waals surface area contributed by atoms with Crippen LogP contribution in [0.25, 0.3) is 0 Å². The van der Waals surface area contributed by atoms with E-state index in [2.05, 4.69) is 5.10 Å². The third kappa shape index (κ3) is 4.25. The van der Waals surface area contributed by atoms with E-state index in [-0.39, 0.29) is 42.1 Å². The summed E-state index contributed by atoms with van der Waals surface area (Å²) in [5.41, 5.74) is -0.0464. The van der Waals surface area contributed by atoms with Crippen LogP contribution in [-0.4, -0.2) is 52.9 Å². The molecule has 0 saturated carbocycles. The molecule has 1 aliphatic heterocycles. The lowest BCUT2D eigenvalue weighted by Crippen LogP contribution is -2.42. The number of nitro benzene ring substituents is 1. The Kier molecular flexibility index (Phi) is 6.99. The maximum absolute atomic E-state index is 12.5. The number of hydrogen-bond donors (Lipinski definition) is 0. The summed E-state index contributed by atoms with van der Waals surface area (Å²) in [5.74, 6) is 0. The minimum absolute atomic E-state index is 0.0456. The van der Waals surface area contributed by atoms with Gasteiger partial charge in [-0.3, -0.25) is 10.1 Å². The average Bonchev–Trinajstić information content (AvgIpc) is 3.01. The summed E-state index contributed by atoms with van der Waals surface area (Å²) in [4.78, 5) is 36.3. The topological polar surface area (TPSA) is 124 Å². The van der Waals surface area contributed by atoms with E-state index in [9.17, 15) is 19.7 Å². The van der Waals surface area contributed by atoms with Gasteiger partial charge in [0.15, 0.2) is 6.17 Å². The first-order chi connectivity index (χ1) is 13.3. The molecule has 1 atom stereocenters. The van der Waals surface area contributed by atoms with Gasteiger partial charge in [-0.05, 0) is 26.8 Å². The van der Waals surface area contributed by atoms with Crippen molar-refractivity contribution in [2.45, 2.75) is 26.9 Å². The van der Waals surface area contributed by atoms with Crippen molar-refractivity contribution in [2.75, 3.05) is 19.8 Å². The average molecular weight is 415 g/mol. The van der Waals surface area contributed by atoms with E-state index in [1.54, 1.807) is 20.8 Å². The van der Waals surface area contributed by atoms with Crippen LogP contribution in [0.4, 0.5) is 15.3 Å². The van der Waals surface area contributed by atoms with E-state index in [4.69, 9.17) is 25.8 Å². The molecular formula is C16H19ClN4O7. The van der Waals surface area contributed by atoms with Crippen LogP contribution in [0, 0.1) is 10.1 Å². The monoisotopic (exact) mass is 414 g/mol. The molecule has 12 heteroatoms. The number of non-ortho nitro benzene ring substituents is 1. The lowest BCUT2D eigenvalue weighted by atomic mass is 10.1. The lowest BCUT2D eigenvalue weighted by Gasteiger charge is -2.28. The predicted octanol–water partition coefficient (Wildman–Crippen LogP) is 3.48. The van der Waals surface area contributed by atoms with Gasteiger partial charge in [-0.15, -0.1) is 5.10 Å². The first-order valence-corrected chi connectivity index (χ1v) is 8.80. The van der Waals surface area contributed by atoms with Crippen LogP contribution in [0.1, 0.15) is 32.5 Å². The molecule has 0 aromatic heterocycles. The zero-order valence-corrected chi connectivity index (χ0v) is 16.2. The fraction of sp³-hybridized carbons (Fsp3) is 0.438. The molecule has 0 spiro atoms. The number of amidine groups is 1. The van der Waals surface area contributed by atoms with Crippen molar-refractivity contribution in [2.24, 2.45) is 5.10 Å². The van der Waals surface area contributed by atoms with E-state index in [1.165, 1.54) is 12.1 Å². The minimum Gasteiger partial charge on any atom is -0.464 e. The third-order valence-electron chi connectivity index (χ3n) is 3.54. The highest BCUT2D eigenvalue weighted by atomic mass is 35.5. The van der Waals surface area contributed by atoms with Crippen LogP contribution in [0.3, 0.4) is 0 Å². The summed E-state index contributed by atoms with van der Waals surface area (Å²) in [6.07, 6.45) is -2.89. The van der Waals surface area contributed by atoms with Crippen molar-refractivity contribution in [1.82, 2.24) is 9.91 Å². The number of nitro groups is 1. The van der Waals surface area contributed by atoms with Crippen molar-refractivity contribution in [3.05, 3.63) is 38.9 Å². The fourth-order valence-corrected chi connectivity index (χ4v) is 2.72. The number of benzene rings is 1. The first kappa shape index (κ1) is 21.2. The second kappa shape index (κ2) is 9.22. The number of ether oxygens (including phenoxy) is 3. The zero-order chi connectivity index (χ0) is 20.8. The number of nitrogens with zero attached hydrogens (tertiary/aromatic N) is 4. The molecule has 1 aromatic carbocycles. The Bertz CT molecular complexity index is 801. The Labute approximate surface area is 165 Å². The summed E-state index contributed by atoms with van der Waals surface area (Å²) >= 11 is 6.22. The SMILES string of the molecule is CCOC(=O)N1N=C(OCC)N(C(=O)OCC)C1c1ccc([N+](=O)[O-])cc1Cl. The van der Waals surface area contributed by atoms with Crippen molar-refractivity contribution in [3.8, 4) is 0 Å². The van der Waals surface area contributed by atoms with Crippen molar-refractivity contribution >= 4 is 35.5 Å². The van der Waals surface area contributed by atoms with Crippen LogP contribution >= 0.6 is 11.6 Å². The molecule has 0 N–H and O–H groups in total. The summed E-state index contributed by atoms with van der Waals surface area (Å²) in [6, 6.07) is 3.45. The van der Waals surface area contributed by atoms with Crippen LogP contribution in [0.15, 0.2) is 23.3 Å². The fourth-order valence-electron chi connectivity index (χ4n) is 2.45. The minimum atomic E-state index is -1.20. The van der Waals surface area contributed by atoms with Crippen LogP contribution in [0.5, 0.6) is 0 Å². The van der Waals surface area contributed by atoms with Crippen LogP contribution < -0.4 is 0 Å². The van der Waals surface area contributed by atoms with Gasteiger partial charge in [-0.2, -0.15) is 5.01 Å². The molecule has 1 unspecified atom stereocenters. The third-order valence-corrected chi connectivity index (χ3v) is 3.87. The summed E-state index contributed by atoms with van der Waals surface area (Å²) in [7, 11) is 0. The van der Waals surface area contributed by atoms with E-state index in [1.807, 2.05) is 0 Å². The lowest BCUT2D eigenvalue weighted by molar-refractivity contribution is -0.384. The smallest absolute Gasteiger partial charge is 0.432 e. The van der Waals surface area contributed by atoms with Gasteiger partial charge in [0, 0.05) is 17.7 Å². The molecule has 2 rings (SSSR count). The molecule has 0 fully saturated rings. The molecule has 28 heavy (non-hydrogen) atoms. The predicted molar refractivity (Wildman–Crippen MR) is 97.6 cm³/mol. The molecule has 1 aromatic rings. The number of hydrazone groups is 1. The second-order valence-electron chi connectivity index (χ2n) is 5.26. The molecule has 1 aliphatic rings. The largest absolute Gasteiger partial charge is 0.464 e. The molecular weight excluding hydrogens is 396 g/mol.